The first-order valence-corrected chi connectivity index (χ1v) is 12.2. The van der Waals surface area contributed by atoms with Gasteiger partial charge in [0.05, 0.1) is 11.4 Å². The molecular weight excluding hydrogens is 495 g/mol. The summed E-state index contributed by atoms with van der Waals surface area (Å²) in [6.07, 6.45) is 0. The third-order valence-electron chi connectivity index (χ3n) is 5.23. The van der Waals surface area contributed by atoms with Crippen molar-refractivity contribution >= 4 is 57.8 Å². The number of benzene rings is 4. The zero-order chi connectivity index (χ0) is 25.3. The first-order chi connectivity index (χ1) is 17.5. The number of amides is 2. The Balaban J connectivity index is 1.40. The maximum atomic E-state index is 12.5. The third-order valence-corrected chi connectivity index (χ3v) is 5.85. The van der Waals surface area contributed by atoms with E-state index in [-0.39, 0.29) is 11.8 Å². The molecule has 4 aromatic carbocycles. The lowest BCUT2D eigenvalue weighted by molar-refractivity contribution is 0.101. The molecule has 0 aliphatic heterocycles. The number of hydrogen-bond donors (Lipinski definition) is 2. The van der Waals surface area contributed by atoms with Gasteiger partial charge in [0.15, 0.2) is 0 Å². The summed E-state index contributed by atoms with van der Waals surface area (Å²) >= 11 is 11.6. The fraction of sp³-hybridized carbons (Fsp3) is 0.0714. The molecule has 0 fully saturated rings. The van der Waals surface area contributed by atoms with Gasteiger partial charge < -0.3 is 10.6 Å². The smallest absolute Gasteiger partial charge is 0.255 e. The highest BCUT2D eigenvalue weighted by molar-refractivity contribution is 6.17. The Kier molecular flexibility index (Phi) is 8.44. The minimum atomic E-state index is -0.231. The fourth-order valence-electron chi connectivity index (χ4n) is 3.30. The maximum Gasteiger partial charge on any atom is 0.255 e. The van der Waals surface area contributed by atoms with E-state index >= 15 is 0 Å². The van der Waals surface area contributed by atoms with E-state index in [4.69, 9.17) is 23.2 Å². The normalized spacial score (nSPS) is 10.8. The number of alkyl halides is 2. The summed E-state index contributed by atoms with van der Waals surface area (Å²) in [5, 5.41) is 14.3. The number of rotatable bonds is 8. The van der Waals surface area contributed by atoms with Gasteiger partial charge in [-0.25, -0.2) is 0 Å². The molecule has 0 aliphatic rings. The van der Waals surface area contributed by atoms with Gasteiger partial charge in [-0.3, -0.25) is 9.59 Å². The van der Waals surface area contributed by atoms with Gasteiger partial charge in [-0.1, -0.05) is 36.4 Å². The molecule has 2 N–H and O–H groups in total. The highest BCUT2D eigenvalue weighted by atomic mass is 35.5. The van der Waals surface area contributed by atoms with Crippen molar-refractivity contribution in [2.75, 3.05) is 10.6 Å². The largest absolute Gasteiger partial charge is 0.322 e. The first kappa shape index (κ1) is 25.1. The quantitative estimate of drug-likeness (QED) is 0.183. The molecule has 36 heavy (non-hydrogen) atoms. The number of nitrogens with one attached hydrogen (secondary N) is 2. The third kappa shape index (κ3) is 6.78. The lowest BCUT2D eigenvalue weighted by atomic mass is 10.1. The van der Waals surface area contributed by atoms with Crippen LogP contribution < -0.4 is 10.6 Å². The monoisotopic (exact) mass is 516 g/mol. The molecule has 0 radical (unpaired) electrons. The van der Waals surface area contributed by atoms with Crippen LogP contribution in [0.5, 0.6) is 0 Å². The molecule has 0 aliphatic carbocycles. The molecule has 4 aromatic rings. The van der Waals surface area contributed by atoms with E-state index in [9.17, 15) is 9.59 Å². The molecule has 2 amide bonds. The zero-order valence-electron chi connectivity index (χ0n) is 19.1. The minimum Gasteiger partial charge on any atom is -0.322 e. The second-order valence-electron chi connectivity index (χ2n) is 7.87. The Hall–Kier alpha value is -4.00. The molecule has 0 spiro atoms. The molecule has 0 bridgehead atoms. The van der Waals surface area contributed by atoms with E-state index < -0.39 is 0 Å². The summed E-state index contributed by atoms with van der Waals surface area (Å²) in [6, 6.07) is 28.4. The van der Waals surface area contributed by atoms with Gasteiger partial charge in [0, 0.05) is 34.3 Å². The summed E-state index contributed by atoms with van der Waals surface area (Å²) in [4.78, 5) is 25.1. The van der Waals surface area contributed by atoms with Crippen molar-refractivity contribution < 1.29 is 9.59 Å². The lowest BCUT2D eigenvalue weighted by Gasteiger charge is -2.07. The summed E-state index contributed by atoms with van der Waals surface area (Å²) in [7, 11) is 0. The van der Waals surface area contributed by atoms with Crippen LogP contribution >= 0.6 is 23.2 Å². The average molecular weight is 517 g/mol. The second kappa shape index (κ2) is 12.1. The van der Waals surface area contributed by atoms with E-state index in [2.05, 4.69) is 20.9 Å². The highest BCUT2D eigenvalue weighted by Crippen LogP contribution is 2.24. The number of hydrogen-bond acceptors (Lipinski definition) is 4. The lowest BCUT2D eigenvalue weighted by Crippen LogP contribution is -2.11. The summed E-state index contributed by atoms with van der Waals surface area (Å²) in [5.41, 5.74) is 5.28. The molecular formula is C28H22Cl2N4O2. The van der Waals surface area contributed by atoms with Crippen LogP contribution in [0.3, 0.4) is 0 Å². The van der Waals surface area contributed by atoms with Crippen LogP contribution in [-0.2, 0) is 11.8 Å². The van der Waals surface area contributed by atoms with E-state index in [1.165, 1.54) is 0 Å². The molecule has 0 saturated carbocycles. The molecule has 4 rings (SSSR count). The highest BCUT2D eigenvalue weighted by Gasteiger charge is 2.08. The Morgan fingerprint density at radius 2 is 0.972 bits per heavy atom. The van der Waals surface area contributed by atoms with Crippen molar-refractivity contribution in [1.29, 1.82) is 0 Å². The van der Waals surface area contributed by atoms with Crippen LogP contribution in [0.4, 0.5) is 22.7 Å². The Labute approximate surface area is 219 Å². The van der Waals surface area contributed by atoms with Gasteiger partial charge in [-0.15, -0.1) is 23.2 Å². The van der Waals surface area contributed by atoms with E-state index in [1.54, 1.807) is 72.8 Å². The van der Waals surface area contributed by atoms with Crippen molar-refractivity contribution in [3.8, 4) is 0 Å². The molecule has 0 aromatic heterocycles. The Morgan fingerprint density at radius 3 is 1.33 bits per heavy atom. The molecule has 6 nitrogen and oxygen atoms in total. The number of carbonyl (C=O) groups is 2. The van der Waals surface area contributed by atoms with E-state index in [1.807, 2.05) is 24.3 Å². The van der Waals surface area contributed by atoms with Crippen molar-refractivity contribution in [3.63, 3.8) is 0 Å². The van der Waals surface area contributed by atoms with E-state index in [0.29, 0.717) is 45.6 Å². The predicted molar refractivity (Wildman–Crippen MR) is 145 cm³/mol. The van der Waals surface area contributed by atoms with Crippen LogP contribution in [0.25, 0.3) is 0 Å². The molecule has 0 heterocycles. The zero-order valence-corrected chi connectivity index (χ0v) is 20.6. The second-order valence-corrected chi connectivity index (χ2v) is 8.40. The summed E-state index contributed by atoms with van der Waals surface area (Å²) < 4.78 is 0. The van der Waals surface area contributed by atoms with Gasteiger partial charge in [-0.05, 0) is 71.8 Å². The summed E-state index contributed by atoms with van der Waals surface area (Å²) in [6.45, 7) is 0. The number of azo groups is 1. The van der Waals surface area contributed by atoms with Crippen molar-refractivity contribution in [2.45, 2.75) is 11.8 Å². The van der Waals surface area contributed by atoms with Crippen molar-refractivity contribution in [1.82, 2.24) is 0 Å². The average Bonchev–Trinajstić information content (AvgIpc) is 2.92. The van der Waals surface area contributed by atoms with Gasteiger partial charge in [0.2, 0.25) is 0 Å². The van der Waals surface area contributed by atoms with Gasteiger partial charge in [0.25, 0.3) is 11.8 Å². The molecule has 8 heteroatoms. The van der Waals surface area contributed by atoms with Gasteiger partial charge in [-0.2, -0.15) is 10.2 Å². The number of nitrogens with zero attached hydrogens (tertiary/aromatic N) is 2. The first-order valence-electron chi connectivity index (χ1n) is 11.1. The minimum absolute atomic E-state index is 0.231. The number of halogens is 2. The van der Waals surface area contributed by atoms with Crippen LogP contribution in [-0.4, -0.2) is 11.8 Å². The summed E-state index contributed by atoms with van der Waals surface area (Å²) in [5.74, 6) is 0.331. The molecule has 0 unspecified atom stereocenters. The van der Waals surface area contributed by atoms with Crippen molar-refractivity contribution in [3.05, 3.63) is 119 Å². The van der Waals surface area contributed by atoms with Gasteiger partial charge >= 0.3 is 0 Å². The van der Waals surface area contributed by atoms with Crippen LogP contribution in [0.1, 0.15) is 31.8 Å². The van der Waals surface area contributed by atoms with Crippen molar-refractivity contribution in [2.24, 2.45) is 10.2 Å². The molecule has 0 saturated heterocycles. The maximum absolute atomic E-state index is 12.5. The SMILES string of the molecule is O=C(Nc1cccc(N=Nc2cccc(NC(=O)c3ccc(CCl)cc3)c2)c1)c1ccc(CCl)cc1. The number of anilines is 2. The molecule has 180 valence electrons. The predicted octanol–water partition coefficient (Wildman–Crippen LogP) is 8.08. The topological polar surface area (TPSA) is 82.9 Å². The van der Waals surface area contributed by atoms with Crippen LogP contribution in [0.15, 0.2) is 107 Å². The standard InChI is InChI=1S/C28H22Cl2N4O2/c29-17-19-7-11-21(12-8-19)27(35)31-23-3-1-5-25(15-23)33-34-26-6-2-4-24(16-26)32-28(36)22-13-9-20(18-30)10-14-22/h1-16H,17-18H2,(H,31,35)(H,32,36). The van der Waals surface area contributed by atoms with Crippen LogP contribution in [0.2, 0.25) is 0 Å². The van der Waals surface area contributed by atoms with Gasteiger partial charge in [0.1, 0.15) is 0 Å². The van der Waals surface area contributed by atoms with Crippen LogP contribution in [0, 0.1) is 0 Å². The fourth-order valence-corrected chi connectivity index (χ4v) is 3.66. The number of carbonyl (C=O) groups excluding carboxylic acids is 2. The van der Waals surface area contributed by atoms with E-state index in [0.717, 1.165) is 11.1 Å². The Bertz CT molecular complexity index is 1280. The Morgan fingerprint density at radius 1 is 0.583 bits per heavy atom. The molecule has 0 atom stereocenters.